The van der Waals surface area contributed by atoms with Crippen LogP contribution in [0.3, 0.4) is 0 Å². The first-order chi connectivity index (χ1) is 13.8. The van der Waals surface area contributed by atoms with E-state index in [4.69, 9.17) is 22.3 Å². The first-order valence-electron chi connectivity index (χ1n) is 10.4. The maximum absolute atomic E-state index is 13.0. The number of fused-ring (bicyclic) bond motifs is 1. The number of nitrogens with zero attached hydrogens (tertiary/aromatic N) is 3. The molecule has 160 valence electrons. The normalized spacial score (nSPS) is 12.5. The lowest BCUT2D eigenvalue weighted by Gasteiger charge is -2.30. The van der Waals surface area contributed by atoms with Crippen LogP contribution in [0.5, 0.6) is 0 Å². The predicted molar refractivity (Wildman–Crippen MR) is 119 cm³/mol. The number of halogens is 1. The van der Waals surface area contributed by atoms with Gasteiger partial charge in [0.2, 0.25) is 5.91 Å². The van der Waals surface area contributed by atoms with E-state index in [9.17, 15) is 9.59 Å². The van der Waals surface area contributed by atoms with Crippen molar-refractivity contribution in [1.82, 2.24) is 14.5 Å². The number of hydrogen-bond acceptors (Lipinski definition) is 4. The number of amides is 1. The van der Waals surface area contributed by atoms with Gasteiger partial charge in [-0.25, -0.2) is 4.98 Å². The van der Waals surface area contributed by atoms with Crippen LogP contribution in [0.4, 0.5) is 0 Å². The van der Waals surface area contributed by atoms with Crippen molar-refractivity contribution in [2.45, 2.75) is 58.9 Å². The number of aromatic nitrogens is 2. The second-order valence-electron chi connectivity index (χ2n) is 8.06. The minimum Gasteiger partial charge on any atom is -0.333 e. The maximum atomic E-state index is 13.0. The topological polar surface area (TPSA) is 81.2 Å². The smallest absolute Gasteiger partial charge is 0.261 e. The molecule has 0 unspecified atom stereocenters. The Balaban J connectivity index is 2.35. The molecule has 0 aliphatic rings. The van der Waals surface area contributed by atoms with Crippen molar-refractivity contribution < 1.29 is 4.79 Å². The summed E-state index contributed by atoms with van der Waals surface area (Å²) in [5, 5.41) is 1.05. The van der Waals surface area contributed by atoms with Crippen molar-refractivity contribution >= 4 is 28.4 Å². The summed E-state index contributed by atoms with van der Waals surface area (Å²) in [7, 11) is 1.71. The van der Waals surface area contributed by atoms with Crippen molar-refractivity contribution in [3.05, 3.63) is 39.4 Å². The molecule has 0 aliphatic carbocycles. The van der Waals surface area contributed by atoms with E-state index in [1.165, 1.54) is 0 Å². The zero-order chi connectivity index (χ0) is 21.6. The molecule has 1 heterocycles. The van der Waals surface area contributed by atoms with Crippen LogP contribution in [0.2, 0.25) is 5.02 Å². The molecule has 0 saturated carbocycles. The van der Waals surface area contributed by atoms with E-state index >= 15 is 0 Å². The molecule has 29 heavy (non-hydrogen) atoms. The molecule has 1 amide bonds. The molecule has 0 bridgehead atoms. The van der Waals surface area contributed by atoms with Crippen LogP contribution in [0.1, 0.15) is 64.7 Å². The Labute approximate surface area is 178 Å². The third-order valence-corrected chi connectivity index (χ3v) is 5.41. The standard InChI is InChI=1S/C22H33ClN4O2/c1-15(2)13-20(28)27(12-8-6-5-7-11-24)16(3)21-25-19-14-17(23)9-10-18(19)22(29)26(21)4/h9-10,14-16H,5-8,11-13,24H2,1-4H3/t16-/m0/s1. The quantitative estimate of drug-likeness (QED) is 0.588. The number of carbonyl (C=O) groups excluding carboxylic acids is 1. The molecular weight excluding hydrogens is 388 g/mol. The van der Waals surface area contributed by atoms with Crippen LogP contribution < -0.4 is 11.3 Å². The molecule has 0 spiro atoms. The van der Waals surface area contributed by atoms with Gasteiger partial charge in [-0.1, -0.05) is 38.3 Å². The van der Waals surface area contributed by atoms with Crippen LogP contribution in [0, 0.1) is 5.92 Å². The number of benzene rings is 1. The summed E-state index contributed by atoms with van der Waals surface area (Å²) in [5.41, 5.74) is 6.00. The lowest BCUT2D eigenvalue weighted by Crippen LogP contribution is -2.38. The second-order valence-corrected chi connectivity index (χ2v) is 8.50. The zero-order valence-corrected chi connectivity index (χ0v) is 18.7. The predicted octanol–water partition coefficient (Wildman–Crippen LogP) is 4.04. The Kier molecular flexibility index (Phi) is 8.65. The van der Waals surface area contributed by atoms with E-state index in [-0.39, 0.29) is 23.4 Å². The van der Waals surface area contributed by atoms with Gasteiger partial charge in [-0.3, -0.25) is 14.2 Å². The van der Waals surface area contributed by atoms with Crippen molar-refractivity contribution in [3.8, 4) is 0 Å². The summed E-state index contributed by atoms with van der Waals surface area (Å²) < 4.78 is 1.55. The van der Waals surface area contributed by atoms with Crippen LogP contribution in [0.25, 0.3) is 10.9 Å². The lowest BCUT2D eigenvalue weighted by atomic mass is 10.1. The van der Waals surface area contributed by atoms with Gasteiger partial charge in [-0.15, -0.1) is 0 Å². The average molecular weight is 421 g/mol. The first kappa shape index (κ1) is 23.4. The van der Waals surface area contributed by atoms with Crippen molar-refractivity contribution in [1.29, 1.82) is 0 Å². The van der Waals surface area contributed by atoms with Gasteiger partial charge in [0.05, 0.1) is 16.9 Å². The molecule has 1 aromatic carbocycles. The number of hydrogen-bond donors (Lipinski definition) is 1. The van der Waals surface area contributed by atoms with Gasteiger partial charge >= 0.3 is 0 Å². The van der Waals surface area contributed by atoms with Gasteiger partial charge in [0.1, 0.15) is 5.82 Å². The van der Waals surface area contributed by atoms with Crippen LogP contribution >= 0.6 is 11.6 Å². The molecule has 7 heteroatoms. The van der Waals surface area contributed by atoms with E-state index in [1.807, 2.05) is 25.7 Å². The molecular formula is C22H33ClN4O2. The molecule has 6 nitrogen and oxygen atoms in total. The highest BCUT2D eigenvalue weighted by molar-refractivity contribution is 6.31. The Morgan fingerprint density at radius 2 is 1.90 bits per heavy atom. The fourth-order valence-electron chi connectivity index (χ4n) is 3.56. The largest absolute Gasteiger partial charge is 0.333 e. The van der Waals surface area contributed by atoms with Gasteiger partial charge in [-0.05, 0) is 50.4 Å². The van der Waals surface area contributed by atoms with Crippen molar-refractivity contribution in [2.75, 3.05) is 13.1 Å². The van der Waals surface area contributed by atoms with Gasteiger partial charge in [0, 0.05) is 25.0 Å². The monoisotopic (exact) mass is 420 g/mol. The molecule has 1 atom stereocenters. The van der Waals surface area contributed by atoms with E-state index in [0.29, 0.717) is 41.3 Å². The summed E-state index contributed by atoms with van der Waals surface area (Å²) in [6, 6.07) is 4.77. The highest BCUT2D eigenvalue weighted by Crippen LogP contribution is 2.23. The van der Waals surface area contributed by atoms with Gasteiger partial charge < -0.3 is 10.6 Å². The molecule has 0 aliphatic heterocycles. The van der Waals surface area contributed by atoms with Crippen LogP contribution in [-0.4, -0.2) is 33.4 Å². The van der Waals surface area contributed by atoms with Gasteiger partial charge in [-0.2, -0.15) is 0 Å². The number of unbranched alkanes of at least 4 members (excludes halogenated alkanes) is 3. The third kappa shape index (κ3) is 6.03. The van der Waals surface area contributed by atoms with E-state index in [1.54, 1.807) is 29.8 Å². The van der Waals surface area contributed by atoms with E-state index in [0.717, 1.165) is 25.7 Å². The van der Waals surface area contributed by atoms with Gasteiger partial charge in [0.15, 0.2) is 0 Å². The molecule has 2 aromatic rings. The Morgan fingerprint density at radius 3 is 2.55 bits per heavy atom. The molecule has 0 radical (unpaired) electrons. The highest BCUT2D eigenvalue weighted by Gasteiger charge is 2.25. The number of carbonyl (C=O) groups is 1. The summed E-state index contributed by atoms with van der Waals surface area (Å²) in [4.78, 5) is 32.4. The van der Waals surface area contributed by atoms with E-state index < -0.39 is 0 Å². The summed E-state index contributed by atoms with van der Waals surface area (Å²) >= 11 is 6.10. The average Bonchev–Trinajstić information content (AvgIpc) is 2.66. The zero-order valence-electron chi connectivity index (χ0n) is 17.9. The van der Waals surface area contributed by atoms with E-state index in [2.05, 4.69) is 0 Å². The lowest BCUT2D eigenvalue weighted by molar-refractivity contribution is -0.134. The molecule has 1 aromatic heterocycles. The van der Waals surface area contributed by atoms with Crippen molar-refractivity contribution in [2.24, 2.45) is 18.7 Å². The summed E-state index contributed by atoms with van der Waals surface area (Å²) in [6.45, 7) is 7.34. The molecule has 2 rings (SSSR count). The van der Waals surface area contributed by atoms with Gasteiger partial charge in [0.25, 0.3) is 5.56 Å². The summed E-state index contributed by atoms with van der Waals surface area (Å²) in [5.74, 6) is 0.928. The number of nitrogens with two attached hydrogens (primary N) is 1. The minimum absolute atomic E-state index is 0.0896. The Hall–Kier alpha value is -1.92. The third-order valence-electron chi connectivity index (χ3n) is 5.17. The maximum Gasteiger partial charge on any atom is 0.261 e. The highest BCUT2D eigenvalue weighted by atomic mass is 35.5. The minimum atomic E-state index is -0.308. The molecule has 0 saturated heterocycles. The number of rotatable bonds is 10. The molecule has 2 N–H and O–H groups in total. The van der Waals surface area contributed by atoms with Crippen LogP contribution in [0.15, 0.2) is 23.0 Å². The second kappa shape index (κ2) is 10.7. The van der Waals surface area contributed by atoms with Crippen LogP contribution in [-0.2, 0) is 11.8 Å². The fourth-order valence-corrected chi connectivity index (χ4v) is 3.72. The SMILES string of the molecule is CC(C)CC(=O)N(CCCCCCN)[C@@H](C)c1nc2cc(Cl)ccc2c(=O)n1C. The Morgan fingerprint density at radius 1 is 1.21 bits per heavy atom. The van der Waals surface area contributed by atoms with Crippen molar-refractivity contribution in [3.63, 3.8) is 0 Å². The summed E-state index contributed by atoms with van der Waals surface area (Å²) in [6.07, 6.45) is 4.45. The Bertz CT molecular complexity index is 894. The fraction of sp³-hybridized carbons (Fsp3) is 0.591. The molecule has 0 fully saturated rings. The first-order valence-corrected chi connectivity index (χ1v) is 10.8.